The maximum Gasteiger partial charge on any atom is 0.205 e. The molecule has 2 N–H and O–H groups in total. The van der Waals surface area contributed by atoms with Crippen LogP contribution in [-0.4, -0.2) is 9.78 Å². The van der Waals surface area contributed by atoms with Gasteiger partial charge in [-0.15, -0.1) is 0 Å². The van der Waals surface area contributed by atoms with E-state index in [-0.39, 0.29) is 5.43 Å². The summed E-state index contributed by atoms with van der Waals surface area (Å²) in [5.41, 5.74) is 8.38. The van der Waals surface area contributed by atoms with Crippen LogP contribution in [-0.2, 0) is 5.54 Å². The monoisotopic (exact) mass is 257 g/mol. The Kier molecular flexibility index (Phi) is 3.28. The summed E-state index contributed by atoms with van der Waals surface area (Å²) in [7, 11) is 0. The summed E-state index contributed by atoms with van der Waals surface area (Å²) in [6.07, 6.45) is 0. The Balaban J connectivity index is 2.72. The smallest absolute Gasteiger partial charge is 0.205 e. The highest BCUT2D eigenvalue weighted by molar-refractivity contribution is 5.40. The standard InChI is InChI=1S/C15H19N3O/c1-10-7-5-6-8-12(10)18-11(2)9-13(19)14(17-18)15(3,4)16/h5-9H,16H2,1-4H3. The van der Waals surface area contributed by atoms with Gasteiger partial charge in [0.2, 0.25) is 5.43 Å². The predicted molar refractivity (Wildman–Crippen MR) is 76.5 cm³/mol. The van der Waals surface area contributed by atoms with Crippen LogP contribution in [0.5, 0.6) is 0 Å². The third kappa shape index (κ3) is 2.58. The van der Waals surface area contributed by atoms with Crippen LogP contribution in [0, 0.1) is 13.8 Å². The molecule has 1 aromatic heterocycles. The van der Waals surface area contributed by atoms with E-state index in [0.717, 1.165) is 16.9 Å². The molecule has 0 unspecified atom stereocenters. The molecule has 0 atom stereocenters. The maximum atomic E-state index is 12.0. The summed E-state index contributed by atoms with van der Waals surface area (Å²) in [5, 5.41) is 4.45. The van der Waals surface area contributed by atoms with Crippen LogP contribution in [0.3, 0.4) is 0 Å². The van der Waals surface area contributed by atoms with Crippen LogP contribution in [0.25, 0.3) is 5.69 Å². The molecule has 2 rings (SSSR count). The molecule has 0 aliphatic carbocycles. The highest BCUT2D eigenvalue weighted by Gasteiger charge is 2.21. The molecule has 4 nitrogen and oxygen atoms in total. The third-order valence-electron chi connectivity index (χ3n) is 3.06. The van der Waals surface area contributed by atoms with E-state index in [1.807, 2.05) is 38.1 Å². The number of aryl methyl sites for hydroxylation is 2. The lowest BCUT2D eigenvalue weighted by molar-refractivity contribution is 0.510. The van der Waals surface area contributed by atoms with E-state index in [1.54, 1.807) is 24.6 Å². The summed E-state index contributed by atoms with van der Waals surface area (Å²) in [4.78, 5) is 12.0. The van der Waals surface area contributed by atoms with E-state index < -0.39 is 5.54 Å². The van der Waals surface area contributed by atoms with Crippen LogP contribution < -0.4 is 11.2 Å². The largest absolute Gasteiger partial charge is 0.320 e. The van der Waals surface area contributed by atoms with Gasteiger partial charge in [-0.1, -0.05) is 18.2 Å². The minimum atomic E-state index is -0.755. The van der Waals surface area contributed by atoms with E-state index in [4.69, 9.17) is 5.73 Å². The Morgan fingerprint density at radius 1 is 1.21 bits per heavy atom. The average molecular weight is 257 g/mol. The summed E-state index contributed by atoms with van der Waals surface area (Å²) < 4.78 is 1.78. The van der Waals surface area contributed by atoms with Gasteiger partial charge in [0.25, 0.3) is 0 Å². The minimum Gasteiger partial charge on any atom is -0.320 e. The van der Waals surface area contributed by atoms with Gasteiger partial charge in [0.05, 0.1) is 11.2 Å². The topological polar surface area (TPSA) is 60.9 Å². The molecule has 0 radical (unpaired) electrons. The second-order valence-corrected chi connectivity index (χ2v) is 5.42. The Hall–Kier alpha value is -1.94. The molecular weight excluding hydrogens is 238 g/mol. The lowest BCUT2D eigenvalue weighted by atomic mass is 10.0. The summed E-state index contributed by atoms with van der Waals surface area (Å²) in [6, 6.07) is 9.51. The van der Waals surface area contributed by atoms with Gasteiger partial charge in [-0.3, -0.25) is 4.79 Å². The molecule has 0 bridgehead atoms. The second kappa shape index (κ2) is 4.63. The Morgan fingerprint density at radius 3 is 2.42 bits per heavy atom. The van der Waals surface area contributed by atoms with Crippen molar-refractivity contribution in [3.05, 3.63) is 57.5 Å². The number of hydrogen-bond acceptors (Lipinski definition) is 3. The molecule has 100 valence electrons. The van der Waals surface area contributed by atoms with Crippen LogP contribution in [0.2, 0.25) is 0 Å². The Labute approximate surface area is 112 Å². The van der Waals surface area contributed by atoms with Crippen molar-refractivity contribution in [2.45, 2.75) is 33.2 Å². The molecule has 1 heterocycles. The third-order valence-corrected chi connectivity index (χ3v) is 3.06. The van der Waals surface area contributed by atoms with E-state index >= 15 is 0 Å². The number of para-hydroxylation sites is 1. The SMILES string of the molecule is Cc1ccccc1-n1nc(C(C)(C)N)c(=O)cc1C. The van der Waals surface area contributed by atoms with Gasteiger partial charge in [-0.2, -0.15) is 5.10 Å². The number of rotatable bonds is 2. The van der Waals surface area contributed by atoms with Crippen molar-refractivity contribution >= 4 is 0 Å². The van der Waals surface area contributed by atoms with Crippen LogP contribution in [0.1, 0.15) is 30.8 Å². The molecule has 0 aliphatic rings. The second-order valence-electron chi connectivity index (χ2n) is 5.42. The lowest BCUT2D eigenvalue weighted by Gasteiger charge is -2.20. The number of aromatic nitrogens is 2. The molecule has 19 heavy (non-hydrogen) atoms. The highest BCUT2D eigenvalue weighted by atomic mass is 16.1. The first-order valence-corrected chi connectivity index (χ1v) is 6.27. The molecule has 0 spiro atoms. The predicted octanol–water partition coefficient (Wildman–Crippen LogP) is 2.04. The zero-order valence-electron chi connectivity index (χ0n) is 11.8. The van der Waals surface area contributed by atoms with Gasteiger partial charge in [0.15, 0.2) is 0 Å². The fourth-order valence-corrected chi connectivity index (χ4v) is 2.04. The van der Waals surface area contributed by atoms with E-state index in [1.165, 1.54) is 0 Å². The molecular formula is C15H19N3O. The van der Waals surface area contributed by atoms with Crippen LogP contribution >= 0.6 is 0 Å². The van der Waals surface area contributed by atoms with Gasteiger partial charge in [0.1, 0.15) is 5.69 Å². The van der Waals surface area contributed by atoms with E-state index in [0.29, 0.717) is 5.69 Å². The molecule has 1 aromatic carbocycles. The molecule has 0 aliphatic heterocycles. The Morgan fingerprint density at radius 2 is 1.84 bits per heavy atom. The quantitative estimate of drug-likeness (QED) is 0.895. The molecule has 0 saturated carbocycles. The number of nitrogens with two attached hydrogens (primary N) is 1. The molecule has 0 amide bonds. The van der Waals surface area contributed by atoms with E-state index in [9.17, 15) is 4.79 Å². The number of benzene rings is 1. The zero-order valence-corrected chi connectivity index (χ0v) is 11.8. The zero-order chi connectivity index (χ0) is 14.2. The molecule has 0 saturated heterocycles. The first-order chi connectivity index (χ1) is 8.80. The van der Waals surface area contributed by atoms with Crippen molar-refractivity contribution < 1.29 is 0 Å². The Bertz CT molecular complexity index is 666. The van der Waals surface area contributed by atoms with Crippen LogP contribution in [0.4, 0.5) is 0 Å². The van der Waals surface area contributed by atoms with Crippen molar-refractivity contribution in [3.63, 3.8) is 0 Å². The van der Waals surface area contributed by atoms with Gasteiger partial charge in [-0.25, -0.2) is 4.68 Å². The summed E-state index contributed by atoms with van der Waals surface area (Å²) in [5.74, 6) is 0. The minimum absolute atomic E-state index is 0.116. The molecule has 4 heteroatoms. The first-order valence-electron chi connectivity index (χ1n) is 6.27. The molecule has 0 fully saturated rings. The van der Waals surface area contributed by atoms with Gasteiger partial charge >= 0.3 is 0 Å². The average Bonchev–Trinajstić information content (AvgIpc) is 2.29. The normalized spacial score (nSPS) is 11.6. The van der Waals surface area contributed by atoms with Gasteiger partial charge in [0, 0.05) is 11.8 Å². The highest BCUT2D eigenvalue weighted by Crippen LogP contribution is 2.16. The molecule has 2 aromatic rings. The van der Waals surface area contributed by atoms with Gasteiger partial charge in [-0.05, 0) is 39.3 Å². The van der Waals surface area contributed by atoms with Crippen molar-refractivity contribution in [2.24, 2.45) is 5.73 Å². The van der Waals surface area contributed by atoms with Crippen molar-refractivity contribution in [2.75, 3.05) is 0 Å². The van der Waals surface area contributed by atoms with Crippen molar-refractivity contribution in [1.82, 2.24) is 9.78 Å². The number of hydrogen-bond donors (Lipinski definition) is 1. The van der Waals surface area contributed by atoms with Crippen molar-refractivity contribution in [1.29, 1.82) is 0 Å². The summed E-state index contributed by atoms with van der Waals surface area (Å²) in [6.45, 7) is 7.46. The van der Waals surface area contributed by atoms with Crippen LogP contribution in [0.15, 0.2) is 35.1 Å². The van der Waals surface area contributed by atoms with Gasteiger partial charge < -0.3 is 5.73 Å². The maximum absolute atomic E-state index is 12.0. The fourth-order valence-electron chi connectivity index (χ4n) is 2.04. The lowest BCUT2D eigenvalue weighted by Crippen LogP contribution is -2.37. The fraction of sp³-hybridized carbons (Fsp3) is 0.333. The van der Waals surface area contributed by atoms with E-state index in [2.05, 4.69) is 5.10 Å². The number of nitrogens with zero attached hydrogens (tertiary/aromatic N) is 2. The summed E-state index contributed by atoms with van der Waals surface area (Å²) >= 11 is 0. The van der Waals surface area contributed by atoms with Crippen molar-refractivity contribution in [3.8, 4) is 5.69 Å². The first kappa shape index (κ1) is 13.5.